The first-order valence-electron chi connectivity index (χ1n) is 6.22. The van der Waals surface area contributed by atoms with Crippen LogP contribution in [0.2, 0.25) is 0 Å². The molecule has 0 fully saturated rings. The molecule has 19 heavy (non-hydrogen) atoms. The Morgan fingerprint density at radius 3 is 2.42 bits per heavy atom. The molecular formula is C14H21F2NO2. The standard InChI is InChI=1S/C14H21F2NO2/c1-14(2,3)19-7-6-18-9-13(17)10-4-5-11(15)12(16)8-10/h4-5,8,13H,6-7,9,17H2,1-3H3. The van der Waals surface area contributed by atoms with Crippen LogP contribution in [0.3, 0.4) is 0 Å². The van der Waals surface area contributed by atoms with Gasteiger partial charge < -0.3 is 15.2 Å². The maximum absolute atomic E-state index is 13.0. The molecule has 1 aromatic carbocycles. The van der Waals surface area contributed by atoms with Crippen LogP contribution in [-0.2, 0) is 9.47 Å². The third-order valence-corrected chi connectivity index (χ3v) is 2.43. The fourth-order valence-electron chi connectivity index (χ4n) is 1.46. The maximum atomic E-state index is 13.0. The van der Waals surface area contributed by atoms with Crippen molar-refractivity contribution < 1.29 is 18.3 Å². The van der Waals surface area contributed by atoms with Gasteiger partial charge in [-0.1, -0.05) is 6.07 Å². The Labute approximate surface area is 112 Å². The van der Waals surface area contributed by atoms with E-state index >= 15 is 0 Å². The molecule has 1 unspecified atom stereocenters. The second-order valence-electron chi connectivity index (χ2n) is 5.32. The first-order valence-corrected chi connectivity index (χ1v) is 6.22. The zero-order valence-electron chi connectivity index (χ0n) is 11.6. The van der Waals surface area contributed by atoms with Crippen LogP contribution >= 0.6 is 0 Å². The van der Waals surface area contributed by atoms with Gasteiger partial charge in [-0.15, -0.1) is 0 Å². The monoisotopic (exact) mass is 273 g/mol. The van der Waals surface area contributed by atoms with Gasteiger partial charge in [0.05, 0.1) is 31.5 Å². The minimum absolute atomic E-state index is 0.203. The fraction of sp³-hybridized carbons (Fsp3) is 0.571. The summed E-state index contributed by atoms with van der Waals surface area (Å²) in [5.41, 5.74) is 6.13. The molecular weight excluding hydrogens is 252 g/mol. The van der Waals surface area contributed by atoms with Gasteiger partial charge in [0.25, 0.3) is 0 Å². The smallest absolute Gasteiger partial charge is 0.159 e. The lowest BCUT2D eigenvalue weighted by atomic mass is 10.1. The van der Waals surface area contributed by atoms with Gasteiger partial charge in [0.15, 0.2) is 11.6 Å². The number of benzene rings is 1. The average molecular weight is 273 g/mol. The number of ether oxygens (including phenoxy) is 2. The number of hydrogen-bond acceptors (Lipinski definition) is 3. The summed E-state index contributed by atoms with van der Waals surface area (Å²) < 4.78 is 36.6. The Hall–Kier alpha value is -1.04. The van der Waals surface area contributed by atoms with Gasteiger partial charge in [0.1, 0.15) is 0 Å². The summed E-state index contributed by atoms with van der Waals surface area (Å²) in [7, 11) is 0. The summed E-state index contributed by atoms with van der Waals surface area (Å²) in [4.78, 5) is 0. The molecule has 0 heterocycles. The largest absolute Gasteiger partial charge is 0.377 e. The molecule has 0 aliphatic heterocycles. The first-order chi connectivity index (χ1) is 8.79. The predicted octanol–water partition coefficient (Wildman–Crippen LogP) is 2.80. The summed E-state index contributed by atoms with van der Waals surface area (Å²) >= 11 is 0. The maximum Gasteiger partial charge on any atom is 0.159 e. The van der Waals surface area contributed by atoms with E-state index in [2.05, 4.69) is 0 Å². The molecule has 0 bridgehead atoms. The van der Waals surface area contributed by atoms with Crippen LogP contribution in [0, 0.1) is 11.6 Å². The van der Waals surface area contributed by atoms with Crippen molar-refractivity contribution in [3.05, 3.63) is 35.4 Å². The Morgan fingerprint density at radius 2 is 1.84 bits per heavy atom. The molecule has 0 saturated carbocycles. The first kappa shape index (κ1) is 16.0. The summed E-state index contributed by atoms with van der Waals surface area (Å²) in [6, 6.07) is 3.13. The normalized spacial score (nSPS) is 13.6. The van der Waals surface area contributed by atoms with Crippen LogP contribution in [0.4, 0.5) is 8.78 Å². The topological polar surface area (TPSA) is 44.5 Å². The van der Waals surface area contributed by atoms with Crippen LogP contribution < -0.4 is 5.73 Å². The molecule has 0 amide bonds. The van der Waals surface area contributed by atoms with Crippen molar-refractivity contribution in [2.45, 2.75) is 32.4 Å². The van der Waals surface area contributed by atoms with Crippen molar-refractivity contribution in [2.75, 3.05) is 19.8 Å². The second-order valence-corrected chi connectivity index (χ2v) is 5.32. The van der Waals surface area contributed by atoms with Crippen LogP contribution in [0.5, 0.6) is 0 Å². The molecule has 0 radical (unpaired) electrons. The summed E-state index contributed by atoms with van der Waals surface area (Å²) in [5.74, 6) is -1.78. The Bertz CT molecular complexity index is 405. The predicted molar refractivity (Wildman–Crippen MR) is 69.8 cm³/mol. The van der Waals surface area contributed by atoms with Crippen molar-refractivity contribution in [1.29, 1.82) is 0 Å². The van der Waals surface area contributed by atoms with Crippen LogP contribution in [0.1, 0.15) is 32.4 Å². The minimum Gasteiger partial charge on any atom is -0.377 e. The molecule has 3 nitrogen and oxygen atoms in total. The van der Waals surface area contributed by atoms with Crippen molar-refractivity contribution in [3.8, 4) is 0 Å². The quantitative estimate of drug-likeness (QED) is 0.811. The van der Waals surface area contributed by atoms with Crippen molar-refractivity contribution in [3.63, 3.8) is 0 Å². The lowest BCUT2D eigenvalue weighted by Crippen LogP contribution is -2.23. The van der Waals surface area contributed by atoms with E-state index in [1.807, 2.05) is 20.8 Å². The van der Waals surface area contributed by atoms with E-state index < -0.39 is 17.7 Å². The summed E-state index contributed by atoms with van der Waals surface area (Å²) in [6.07, 6.45) is 0. The molecule has 2 N–H and O–H groups in total. The van der Waals surface area contributed by atoms with Crippen LogP contribution in [-0.4, -0.2) is 25.4 Å². The minimum atomic E-state index is -0.899. The van der Waals surface area contributed by atoms with Gasteiger partial charge in [-0.25, -0.2) is 8.78 Å². The Morgan fingerprint density at radius 1 is 1.16 bits per heavy atom. The van der Waals surface area contributed by atoms with Gasteiger partial charge >= 0.3 is 0 Å². The molecule has 0 aromatic heterocycles. The Kier molecular flexibility index (Phi) is 5.85. The molecule has 0 aliphatic rings. The highest BCUT2D eigenvalue weighted by Crippen LogP contribution is 2.15. The Balaban J connectivity index is 2.31. The number of rotatable bonds is 6. The third kappa shape index (κ3) is 6.09. The van der Waals surface area contributed by atoms with Gasteiger partial charge in [0, 0.05) is 0 Å². The second kappa shape index (κ2) is 6.93. The lowest BCUT2D eigenvalue weighted by molar-refractivity contribution is -0.0363. The van der Waals surface area contributed by atoms with E-state index in [9.17, 15) is 8.78 Å². The van der Waals surface area contributed by atoms with Crippen molar-refractivity contribution >= 4 is 0 Å². The average Bonchev–Trinajstić information content (AvgIpc) is 2.30. The van der Waals surface area contributed by atoms with E-state index in [-0.39, 0.29) is 12.2 Å². The molecule has 1 atom stereocenters. The van der Waals surface area contributed by atoms with Gasteiger partial charge in [-0.2, -0.15) is 0 Å². The number of nitrogens with two attached hydrogens (primary N) is 1. The highest BCUT2D eigenvalue weighted by atomic mass is 19.2. The van der Waals surface area contributed by atoms with E-state index in [4.69, 9.17) is 15.2 Å². The summed E-state index contributed by atoms with van der Waals surface area (Å²) in [6.45, 7) is 6.99. The number of hydrogen-bond donors (Lipinski definition) is 1. The van der Waals surface area contributed by atoms with Gasteiger partial charge in [0.2, 0.25) is 0 Å². The molecule has 5 heteroatoms. The molecule has 1 rings (SSSR count). The molecule has 0 saturated heterocycles. The van der Waals surface area contributed by atoms with E-state index in [0.717, 1.165) is 12.1 Å². The SMILES string of the molecule is CC(C)(C)OCCOCC(N)c1ccc(F)c(F)c1. The van der Waals surface area contributed by atoms with E-state index in [1.54, 1.807) is 0 Å². The summed E-state index contributed by atoms with van der Waals surface area (Å²) in [5, 5.41) is 0. The molecule has 0 aliphatic carbocycles. The fourth-order valence-corrected chi connectivity index (χ4v) is 1.46. The molecule has 0 spiro atoms. The van der Waals surface area contributed by atoms with Gasteiger partial charge in [-0.05, 0) is 38.5 Å². The van der Waals surface area contributed by atoms with E-state index in [1.165, 1.54) is 6.07 Å². The van der Waals surface area contributed by atoms with Gasteiger partial charge in [-0.3, -0.25) is 0 Å². The number of halogens is 2. The van der Waals surface area contributed by atoms with Crippen LogP contribution in [0.25, 0.3) is 0 Å². The van der Waals surface area contributed by atoms with Crippen LogP contribution in [0.15, 0.2) is 18.2 Å². The molecule has 108 valence electrons. The van der Waals surface area contributed by atoms with Crippen molar-refractivity contribution in [1.82, 2.24) is 0 Å². The highest BCUT2D eigenvalue weighted by Gasteiger charge is 2.11. The zero-order valence-corrected chi connectivity index (χ0v) is 11.6. The zero-order chi connectivity index (χ0) is 14.5. The molecule has 1 aromatic rings. The van der Waals surface area contributed by atoms with E-state index in [0.29, 0.717) is 18.8 Å². The highest BCUT2D eigenvalue weighted by molar-refractivity contribution is 5.20. The lowest BCUT2D eigenvalue weighted by Gasteiger charge is -2.20. The van der Waals surface area contributed by atoms with Crippen molar-refractivity contribution in [2.24, 2.45) is 5.73 Å². The third-order valence-electron chi connectivity index (χ3n) is 2.43.